The van der Waals surface area contributed by atoms with Crippen molar-refractivity contribution < 1.29 is 2.85 Å². The van der Waals surface area contributed by atoms with E-state index in [1.54, 1.807) is 6.92 Å². The summed E-state index contributed by atoms with van der Waals surface area (Å²) >= 11 is 4.82. The van der Waals surface area contributed by atoms with Crippen LogP contribution in [0.2, 0.25) is 0 Å². The number of halogens is 1. The van der Waals surface area contributed by atoms with Crippen LogP contribution in [0.5, 0.6) is 0 Å². The molecule has 0 N–H and O–H groups in total. The molecule has 0 aliphatic heterocycles. The third kappa shape index (κ3) is 12.1. The van der Waals surface area contributed by atoms with Gasteiger partial charge >= 0.3 is 23.1 Å². The molecule has 0 unspecified atom stereocenters. The first kappa shape index (κ1) is 9.15. The standard InChI is InChI=1S/C3H3Cl.Mg.2H/c1-2-3-4;;;/h1H3;;;/q;+2;2*-1. The summed E-state index contributed by atoms with van der Waals surface area (Å²) in [5.74, 6) is 2.45. The van der Waals surface area contributed by atoms with Crippen molar-refractivity contribution in [3.63, 3.8) is 0 Å². The topological polar surface area (TPSA) is 0 Å². The van der Waals surface area contributed by atoms with Gasteiger partial charge in [0.05, 0.1) is 0 Å². The molecule has 0 rings (SSSR count). The third-order valence-corrected chi connectivity index (χ3v) is 0.283. The summed E-state index contributed by atoms with van der Waals surface area (Å²) in [6.45, 7) is 1.69. The molecule has 2 heteroatoms. The van der Waals surface area contributed by atoms with Crippen molar-refractivity contribution >= 4 is 34.7 Å². The summed E-state index contributed by atoms with van der Waals surface area (Å²) in [7, 11) is 0. The zero-order chi connectivity index (χ0) is 3.41. The quantitative estimate of drug-likeness (QED) is 0.316. The van der Waals surface area contributed by atoms with Gasteiger partial charge < -0.3 is 2.85 Å². The van der Waals surface area contributed by atoms with E-state index in [9.17, 15) is 0 Å². The van der Waals surface area contributed by atoms with Crippen LogP contribution in [0.25, 0.3) is 0 Å². The maximum atomic E-state index is 4.82. The van der Waals surface area contributed by atoms with E-state index in [2.05, 4.69) is 11.3 Å². The SMILES string of the molecule is CC#CCl.[H-].[H-].[Mg+2]. The Kier molecular flexibility index (Phi) is 16.1. The summed E-state index contributed by atoms with van der Waals surface area (Å²) < 4.78 is 0. The van der Waals surface area contributed by atoms with Crippen molar-refractivity contribution in [2.24, 2.45) is 0 Å². The molecule has 0 saturated heterocycles. The molecule has 0 aromatic heterocycles. The Balaban J connectivity index is -0.0000000150. The smallest absolute Gasteiger partial charge is 1.00 e. The fourth-order valence-corrected chi connectivity index (χ4v) is 0. The van der Waals surface area contributed by atoms with Crippen LogP contribution < -0.4 is 0 Å². The molecule has 5 heavy (non-hydrogen) atoms. The van der Waals surface area contributed by atoms with Gasteiger partial charge in [0.25, 0.3) is 0 Å². The molecule has 0 aliphatic carbocycles. The second kappa shape index (κ2) is 8.82. The van der Waals surface area contributed by atoms with Crippen LogP contribution in [-0.2, 0) is 0 Å². The minimum atomic E-state index is 0. The molecule has 0 fully saturated rings. The molecule has 0 spiro atoms. The summed E-state index contributed by atoms with van der Waals surface area (Å²) in [4.78, 5) is 0. The van der Waals surface area contributed by atoms with E-state index in [0.29, 0.717) is 0 Å². The van der Waals surface area contributed by atoms with Crippen LogP contribution in [0.1, 0.15) is 9.78 Å². The molecule has 0 atom stereocenters. The van der Waals surface area contributed by atoms with Crippen LogP contribution in [0.15, 0.2) is 0 Å². The number of rotatable bonds is 0. The van der Waals surface area contributed by atoms with E-state index in [4.69, 9.17) is 11.6 Å². The molecular weight excluding hydrogens is 95.8 g/mol. The fourth-order valence-electron chi connectivity index (χ4n) is 0. The molecule has 0 radical (unpaired) electrons. The summed E-state index contributed by atoms with van der Waals surface area (Å²) in [5, 5.41) is 2.15. The van der Waals surface area contributed by atoms with Crippen molar-refractivity contribution in [1.29, 1.82) is 0 Å². The first-order valence-electron chi connectivity index (χ1n) is 0.939. The molecule has 0 amide bonds. The Labute approximate surface area is 56.0 Å². The van der Waals surface area contributed by atoms with Gasteiger partial charge in [-0.3, -0.25) is 0 Å². The third-order valence-electron chi connectivity index (χ3n) is 0.0945. The van der Waals surface area contributed by atoms with Gasteiger partial charge in [-0.1, -0.05) is 5.92 Å². The first-order valence-corrected chi connectivity index (χ1v) is 1.32. The van der Waals surface area contributed by atoms with Gasteiger partial charge in [0.15, 0.2) is 0 Å². The molecule has 0 aromatic carbocycles. The predicted octanol–water partition coefficient (Wildman–Crippen LogP) is 1.05. The molecule has 0 saturated carbocycles. The molecule has 0 bridgehead atoms. The maximum absolute atomic E-state index is 4.82. The van der Waals surface area contributed by atoms with E-state index in [1.807, 2.05) is 0 Å². The molecular formula is C3H5ClMg. The van der Waals surface area contributed by atoms with Crippen molar-refractivity contribution in [2.75, 3.05) is 0 Å². The van der Waals surface area contributed by atoms with Gasteiger partial charge in [-0.2, -0.15) is 0 Å². The minimum absolute atomic E-state index is 0. The molecule has 0 heterocycles. The van der Waals surface area contributed by atoms with E-state index in [1.165, 1.54) is 0 Å². The number of hydrogen-bond donors (Lipinski definition) is 0. The number of hydrogen-bond acceptors (Lipinski definition) is 0. The Morgan fingerprint density at radius 1 is 1.80 bits per heavy atom. The largest absolute Gasteiger partial charge is 2.00 e. The van der Waals surface area contributed by atoms with Crippen LogP contribution in [0.4, 0.5) is 0 Å². The Bertz CT molecular complexity index is 49.7. The zero-order valence-corrected chi connectivity index (χ0v) is 5.26. The van der Waals surface area contributed by atoms with E-state index in [0.717, 1.165) is 0 Å². The van der Waals surface area contributed by atoms with Gasteiger partial charge in [0.2, 0.25) is 0 Å². The first-order chi connectivity index (χ1) is 1.91. The van der Waals surface area contributed by atoms with Gasteiger partial charge in [-0.15, -0.1) is 0 Å². The van der Waals surface area contributed by atoms with Crippen molar-refractivity contribution in [3.05, 3.63) is 0 Å². The minimum Gasteiger partial charge on any atom is -1.00 e. The predicted molar refractivity (Wildman–Crippen MR) is 27.3 cm³/mol. The van der Waals surface area contributed by atoms with Crippen LogP contribution >= 0.6 is 11.6 Å². The van der Waals surface area contributed by atoms with Crippen LogP contribution in [0, 0.1) is 11.3 Å². The van der Waals surface area contributed by atoms with Crippen molar-refractivity contribution in [3.8, 4) is 11.3 Å². The Hall–Kier alpha value is 0.616. The Morgan fingerprint density at radius 2 is 2.00 bits per heavy atom. The molecule has 0 aromatic rings. The van der Waals surface area contributed by atoms with Crippen molar-refractivity contribution in [1.82, 2.24) is 0 Å². The maximum Gasteiger partial charge on any atom is 2.00 e. The van der Waals surface area contributed by atoms with Gasteiger partial charge in [-0.25, -0.2) is 0 Å². The van der Waals surface area contributed by atoms with Crippen molar-refractivity contribution in [2.45, 2.75) is 6.92 Å². The average molecular weight is 101 g/mol. The van der Waals surface area contributed by atoms with Gasteiger partial charge in [0, 0.05) is 5.38 Å². The normalized spacial score (nSPS) is 2.80. The fraction of sp³-hybridized carbons (Fsp3) is 0.333. The zero-order valence-electron chi connectivity index (χ0n) is 5.09. The van der Waals surface area contributed by atoms with Crippen LogP contribution in [-0.4, -0.2) is 23.1 Å². The summed E-state index contributed by atoms with van der Waals surface area (Å²) in [5.41, 5.74) is 0. The van der Waals surface area contributed by atoms with E-state index < -0.39 is 0 Å². The molecule has 0 aliphatic rings. The average Bonchev–Trinajstić information content (AvgIpc) is 1.37. The van der Waals surface area contributed by atoms with E-state index >= 15 is 0 Å². The summed E-state index contributed by atoms with van der Waals surface area (Å²) in [6, 6.07) is 0. The monoisotopic (exact) mass is 100.0 g/mol. The van der Waals surface area contributed by atoms with Gasteiger partial charge in [0.1, 0.15) is 0 Å². The second-order valence-corrected chi connectivity index (χ2v) is 0.533. The van der Waals surface area contributed by atoms with Crippen LogP contribution in [0.3, 0.4) is 0 Å². The summed E-state index contributed by atoms with van der Waals surface area (Å²) in [6.07, 6.45) is 0. The molecule has 0 nitrogen and oxygen atoms in total. The van der Waals surface area contributed by atoms with E-state index in [-0.39, 0.29) is 25.9 Å². The van der Waals surface area contributed by atoms with Gasteiger partial charge in [-0.05, 0) is 18.5 Å². The molecule has 26 valence electrons. The second-order valence-electron chi connectivity index (χ2n) is 0.344. The Morgan fingerprint density at radius 3 is 2.00 bits per heavy atom.